The van der Waals surface area contributed by atoms with Crippen LogP contribution in [0.3, 0.4) is 0 Å². The first-order valence-corrected chi connectivity index (χ1v) is 17.1. The summed E-state index contributed by atoms with van der Waals surface area (Å²) in [6, 6.07) is 10.5. The molecule has 5 amide bonds. The standard InChI is InChI=1S/C36H44N12O5/c1-20(49)45-31(15-23-18-40-19-44-23)35(53)48-30(14-22-17-43-27-10-5-3-8-25(22)27)34(52)46-28(11-6-12-41-36(38)39)33(51)47-29(32(37)50)13-21-16-42-26-9-4-2-7-24(21)26/h2-5,7-10,16-19,28-31,42-43H,6,11-15H2,1H3,(H2,37,50)(H,40,44)(H,45,49)(H,46,52)(H,47,51)(H,48,53)(H4,38,39,41)/t28-,29-,30+,31-/m0/s1. The van der Waals surface area contributed by atoms with Crippen LogP contribution in [-0.4, -0.2) is 86.1 Å². The highest BCUT2D eigenvalue weighted by atomic mass is 16.2. The number of amides is 5. The molecule has 5 aromatic rings. The van der Waals surface area contributed by atoms with E-state index in [-0.39, 0.29) is 44.6 Å². The van der Waals surface area contributed by atoms with E-state index in [1.54, 1.807) is 12.4 Å². The smallest absolute Gasteiger partial charge is 0.243 e. The number of aromatic nitrogens is 4. The van der Waals surface area contributed by atoms with Crippen molar-refractivity contribution in [2.24, 2.45) is 22.2 Å². The maximum absolute atomic E-state index is 14.2. The zero-order valence-electron chi connectivity index (χ0n) is 29.1. The molecule has 53 heavy (non-hydrogen) atoms. The van der Waals surface area contributed by atoms with Gasteiger partial charge in [0.2, 0.25) is 29.5 Å². The third kappa shape index (κ3) is 10.2. The van der Waals surface area contributed by atoms with Gasteiger partial charge in [0.05, 0.1) is 6.33 Å². The number of aromatic amines is 3. The second-order valence-corrected chi connectivity index (χ2v) is 12.7. The lowest BCUT2D eigenvalue weighted by molar-refractivity contribution is -0.134. The molecular weight excluding hydrogens is 680 g/mol. The molecular formula is C36H44N12O5. The summed E-state index contributed by atoms with van der Waals surface area (Å²) in [6.07, 6.45) is 7.05. The van der Waals surface area contributed by atoms with Gasteiger partial charge in [0, 0.05) is 78.8 Å². The molecule has 5 rings (SSSR count). The Morgan fingerprint density at radius 1 is 0.698 bits per heavy atom. The number of carbonyl (C=O) groups excluding carboxylic acids is 5. The molecule has 17 heteroatoms. The van der Waals surface area contributed by atoms with E-state index in [9.17, 15) is 24.0 Å². The zero-order chi connectivity index (χ0) is 37.9. The maximum atomic E-state index is 14.2. The molecule has 4 atom stereocenters. The summed E-state index contributed by atoms with van der Waals surface area (Å²) >= 11 is 0. The second-order valence-electron chi connectivity index (χ2n) is 12.7. The van der Waals surface area contributed by atoms with Crippen molar-refractivity contribution < 1.29 is 24.0 Å². The van der Waals surface area contributed by atoms with Gasteiger partial charge in [-0.1, -0.05) is 36.4 Å². The fraction of sp³-hybridized carbons (Fsp3) is 0.306. The molecule has 0 aliphatic carbocycles. The van der Waals surface area contributed by atoms with Gasteiger partial charge in [0.15, 0.2) is 5.96 Å². The van der Waals surface area contributed by atoms with Crippen molar-refractivity contribution in [3.63, 3.8) is 0 Å². The number of imidazole rings is 1. The van der Waals surface area contributed by atoms with Crippen LogP contribution in [0.2, 0.25) is 0 Å². The summed E-state index contributed by atoms with van der Waals surface area (Å²) in [5.74, 6) is -3.32. The Hall–Kier alpha value is -6.65. The minimum atomic E-state index is -1.20. The number of H-pyrrole nitrogens is 3. The third-order valence-electron chi connectivity index (χ3n) is 8.74. The van der Waals surface area contributed by atoms with Gasteiger partial charge in [0.1, 0.15) is 24.2 Å². The van der Waals surface area contributed by atoms with Crippen molar-refractivity contribution in [1.29, 1.82) is 0 Å². The maximum Gasteiger partial charge on any atom is 0.243 e. The quantitative estimate of drug-likeness (QED) is 0.0330. The van der Waals surface area contributed by atoms with Gasteiger partial charge in [-0.05, 0) is 36.1 Å². The van der Waals surface area contributed by atoms with Crippen LogP contribution in [0.4, 0.5) is 0 Å². The van der Waals surface area contributed by atoms with Crippen LogP contribution < -0.4 is 38.5 Å². The van der Waals surface area contributed by atoms with Crippen LogP contribution in [0.15, 0.2) is 78.4 Å². The summed E-state index contributed by atoms with van der Waals surface area (Å²) in [5, 5.41) is 12.6. The lowest BCUT2D eigenvalue weighted by Crippen LogP contribution is -2.59. The van der Waals surface area contributed by atoms with Crippen molar-refractivity contribution in [1.82, 2.24) is 41.2 Å². The predicted octanol–water partition coefficient (Wildman–Crippen LogP) is -0.102. The minimum Gasteiger partial charge on any atom is -0.370 e. The van der Waals surface area contributed by atoms with E-state index in [1.807, 2.05) is 48.5 Å². The number of hydrogen-bond acceptors (Lipinski definition) is 7. The summed E-state index contributed by atoms with van der Waals surface area (Å²) < 4.78 is 0. The highest BCUT2D eigenvalue weighted by molar-refractivity contribution is 5.96. The molecule has 3 aromatic heterocycles. The number of rotatable bonds is 18. The zero-order valence-corrected chi connectivity index (χ0v) is 29.1. The first kappa shape index (κ1) is 37.6. The lowest BCUT2D eigenvalue weighted by atomic mass is 10.0. The molecule has 0 fully saturated rings. The Labute approximate surface area is 304 Å². The SMILES string of the molecule is CC(=O)N[C@@H](Cc1cnc[nH]1)C(=O)N[C@H](Cc1c[nH]c2ccccc12)C(=O)N[C@@H](CCCN=C(N)N)C(=O)N[C@@H](Cc1c[nH]c2ccccc12)C(N)=O. The van der Waals surface area contributed by atoms with Crippen LogP contribution >= 0.6 is 0 Å². The van der Waals surface area contributed by atoms with Gasteiger partial charge in [-0.15, -0.1) is 0 Å². The molecule has 0 aliphatic rings. The number of hydrogen-bond donors (Lipinski definition) is 10. The number of guanidine groups is 1. The van der Waals surface area contributed by atoms with Crippen LogP contribution in [-0.2, 0) is 43.2 Å². The number of carbonyl (C=O) groups is 5. The predicted molar refractivity (Wildman–Crippen MR) is 199 cm³/mol. The summed E-state index contributed by atoms with van der Waals surface area (Å²) in [5.41, 5.74) is 20.5. The van der Waals surface area contributed by atoms with Crippen molar-refractivity contribution in [2.45, 2.75) is 63.2 Å². The van der Waals surface area contributed by atoms with Crippen LogP contribution in [0.25, 0.3) is 21.8 Å². The molecule has 0 saturated heterocycles. The first-order chi connectivity index (χ1) is 25.5. The Morgan fingerprint density at radius 3 is 1.77 bits per heavy atom. The van der Waals surface area contributed by atoms with Gasteiger partial charge < -0.3 is 53.4 Å². The van der Waals surface area contributed by atoms with Crippen LogP contribution in [0, 0.1) is 0 Å². The second kappa shape index (κ2) is 17.5. The monoisotopic (exact) mass is 724 g/mol. The molecule has 0 aliphatic heterocycles. The van der Waals surface area contributed by atoms with E-state index in [2.05, 4.69) is 46.2 Å². The molecule has 0 bridgehead atoms. The van der Waals surface area contributed by atoms with Gasteiger partial charge in [-0.3, -0.25) is 29.0 Å². The molecule has 278 valence electrons. The summed E-state index contributed by atoms with van der Waals surface area (Å²) in [6.45, 7) is 1.45. The number of aliphatic imine (C=N–C) groups is 1. The number of nitrogens with zero attached hydrogens (tertiary/aromatic N) is 2. The van der Waals surface area contributed by atoms with Crippen molar-refractivity contribution in [3.05, 3.63) is 90.3 Å². The fourth-order valence-electron chi connectivity index (χ4n) is 6.13. The highest BCUT2D eigenvalue weighted by Crippen LogP contribution is 2.21. The first-order valence-electron chi connectivity index (χ1n) is 17.1. The van der Waals surface area contributed by atoms with Crippen LogP contribution in [0.5, 0.6) is 0 Å². The number of nitrogens with two attached hydrogens (primary N) is 3. The van der Waals surface area contributed by atoms with Gasteiger partial charge in [-0.2, -0.15) is 0 Å². The van der Waals surface area contributed by atoms with Crippen LogP contribution in [0.1, 0.15) is 36.6 Å². The van der Waals surface area contributed by atoms with E-state index >= 15 is 0 Å². The van der Waals surface area contributed by atoms with Crippen molar-refractivity contribution in [2.75, 3.05) is 6.54 Å². The molecule has 0 unspecified atom stereocenters. The van der Waals surface area contributed by atoms with E-state index < -0.39 is 53.7 Å². The van der Waals surface area contributed by atoms with Gasteiger partial charge in [-0.25, -0.2) is 4.98 Å². The van der Waals surface area contributed by atoms with E-state index in [4.69, 9.17) is 17.2 Å². The van der Waals surface area contributed by atoms with Crippen molar-refractivity contribution >= 4 is 57.3 Å². The van der Waals surface area contributed by atoms with Crippen molar-refractivity contribution in [3.8, 4) is 0 Å². The normalized spacial score (nSPS) is 13.4. The average Bonchev–Trinajstić information content (AvgIpc) is 3.89. The Bertz CT molecular complexity index is 2080. The third-order valence-corrected chi connectivity index (χ3v) is 8.74. The average molecular weight is 725 g/mol. The van der Waals surface area contributed by atoms with Gasteiger partial charge in [0.25, 0.3) is 0 Å². The van der Waals surface area contributed by atoms with E-state index in [0.717, 1.165) is 32.9 Å². The number of nitrogens with one attached hydrogen (secondary N) is 7. The number of fused-ring (bicyclic) bond motifs is 2. The van der Waals surface area contributed by atoms with E-state index in [1.165, 1.54) is 19.4 Å². The molecule has 0 radical (unpaired) electrons. The highest BCUT2D eigenvalue weighted by Gasteiger charge is 2.32. The minimum absolute atomic E-state index is 0.0330. The molecule has 2 aromatic carbocycles. The summed E-state index contributed by atoms with van der Waals surface area (Å²) in [7, 11) is 0. The lowest BCUT2D eigenvalue weighted by Gasteiger charge is -2.26. The summed E-state index contributed by atoms with van der Waals surface area (Å²) in [4.78, 5) is 83.7. The topological polar surface area (TPSA) is 284 Å². The number of benzene rings is 2. The fourth-order valence-corrected chi connectivity index (χ4v) is 6.13. The Kier molecular flexibility index (Phi) is 12.4. The van der Waals surface area contributed by atoms with E-state index in [0.29, 0.717) is 5.69 Å². The molecule has 17 nitrogen and oxygen atoms in total. The molecule has 0 saturated carbocycles. The number of para-hydroxylation sites is 2. The Morgan fingerprint density at radius 2 is 1.23 bits per heavy atom. The largest absolute Gasteiger partial charge is 0.370 e. The molecule has 3 heterocycles. The molecule has 0 spiro atoms. The Balaban J connectivity index is 1.39. The number of primary amides is 1. The van der Waals surface area contributed by atoms with Gasteiger partial charge >= 0.3 is 0 Å². The molecule has 13 N–H and O–H groups in total.